The highest BCUT2D eigenvalue weighted by atomic mass is 16.4. The van der Waals surface area contributed by atoms with Gasteiger partial charge in [-0.3, -0.25) is 4.79 Å². The van der Waals surface area contributed by atoms with Crippen molar-refractivity contribution in [2.45, 2.75) is 0 Å². The molecule has 0 fully saturated rings. The molecular formula is C14H8O5. The topological polar surface area (TPSA) is 80.6 Å². The first-order valence-electron chi connectivity index (χ1n) is 5.51. The maximum Gasteiger partial charge on any atom is 0.371 e. The monoisotopic (exact) mass is 256 g/mol. The predicted octanol–water partition coefficient (Wildman–Crippen LogP) is 2.96. The van der Waals surface area contributed by atoms with Gasteiger partial charge >= 0.3 is 5.97 Å². The Bertz CT molecular complexity index is 778. The highest BCUT2D eigenvalue weighted by molar-refractivity contribution is 6.14. The minimum atomic E-state index is -1.21. The zero-order valence-electron chi connectivity index (χ0n) is 9.62. The Morgan fingerprint density at radius 3 is 2.47 bits per heavy atom. The Morgan fingerprint density at radius 2 is 1.74 bits per heavy atom. The number of carbonyl (C=O) groups is 2. The standard InChI is InChI=1S/C14H8O5/c15-13(11-5-6-12(19-11)14(16)17)9-7-18-10-4-2-1-3-8(9)10/h1-7H,(H,16,17). The molecule has 3 rings (SSSR count). The molecule has 0 radical (unpaired) electrons. The Kier molecular flexibility index (Phi) is 2.45. The predicted molar refractivity (Wildman–Crippen MR) is 65.3 cm³/mol. The smallest absolute Gasteiger partial charge is 0.371 e. The number of carbonyl (C=O) groups excluding carboxylic acids is 1. The number of fused-ring (bicyclic) bond motifs is 1. The van der Waals surface area contributed by atoms with Gasteiger partial charge in [0.05, 0.1) is 5.56 Å². The van der Waals surface area contributed by atoms with Crippen LogP contribution in [0.15, 0.2) is 51.5 Å². The van der Waals surface area contributed by atoms with Gasteiger partial charge in [0, 0.05) is 5.39 Å². The lowest BCUT2D eigenvalue weighted by Crippen LogP contribution is -1.99. The van der Waals surface area contributed by atoms with Crippen LogP contribution in [0.1, 0.15) is 26.7 Å². The number of carboxylic acid groups (broad SMARTS) is 1. The van der Waals surface area contributed by atoms with E-state index in [1.807, 2.05) is 0 Å². The third-order valence-electron chi connectivity index (χ3n) is 2.77. The zero-order chi connectivity index (χ0) is 13.4. The molecule has 0 aliphatic heterocycles. The number of ketones is 1. The number of hydrogen-bond donors (Lipinski definition) is 1. The summed E-state index contributed by atoms with van der Waals surface area (Å²) in [5.74, 6) is -1.91. The SMILES string of the molecule is O=C(O)c1ccc(C(=O)c2coc3ccccc23)o1. The first kappa shape index (κ1) is 11.3. The molecule has 94 valence electrons. The summed E-state index contributed by atoms with van der Waals surface area (Å²) in [6.45, 7) is 0. The maximum absolute atomic E-state index is 12.2. The molecule has 0 atom stereocenters. The average molecular weight is 256 g/mol. The molecule has 3 aromatic rings. The Morgan fingerprint density at radius 1 is 1.00 bits per heavy atom. The summed E-state index contributed by atoms with van der Waals surface area (Å²) < 4.78 is 10.3. The van der Waals surface area contributed by atoms with Crippen molar-refractivity contribution in [3.63, 3.8) is 0 Å². The molecule has 2 aromatic heterocycles. The molecule has 0 aliphatic rings. The van der Waals surface area contributed by atoms with E-state index in [4.69, 9.17) is 13.9 Å². The minimum Gasteiger partial charge on any atom is -0.475 e. The van der Waals surface area contributed by atoms with Crippen molar-refractivity contribution < 1.29 is 23.5 Å². The summed E-state index contributed by atoms with van der Waals surface area (Å²) in [4.78, 5) is 22.9. The van der Waals surface area contributed by atoms with Gasteiger partial charge in [0.1, 0.15) is 11.8 Å². The fourth-order valence-corrected chi connectivity index (χ4v) is 1.86. The average Bonchev–Trinajstić information content (AvgIpc) is 3.05. The van der Waals surface area contributed by atoms with Gasteiger partial charge in [-0.2, -0.15) is 0 Å². The normalized spacial score (nSPS) is 10.7. The summed E-state index contributed by atoms with van der Waals surface area (Å²) in [5, 5.41) is 9.43. The van der Waals surface area contributed by atoms with E-state index in [0.29, 0.717) is 16.5 Å². The van der Waals surface area contributed by atoms with Crippen LogP contribution in [0.2, 0.25) is 0 Å². The van der Waals surface area contributed by atoms with Gasteiger partial charge in [-0.15, -0.1) is 0 Å². The van der Waals surface area contributed by atoms with Crippen molar-refractivity contribution in [3.05, 3.63) is 59.7 Å². The number of benzene rings is 1. The van der Waals surface area contributed by atoms with Crippen molar-refractivity contribution in [3.8, 4) is 0 Å². The van der Waals surface area contributed by atoms with Crippen LogP contribution in [-0.2, 0) is 0 Å². The largest absolute Gasteiger partial charge is 0.475 e. The van der Waals surface area contributed by atoms with E-state index in [-0.39, 0.29) is 11.5 Å². The van der Waals surface area contributed by atoms with E-state index in [1.165, 1.54) is 18.4 Å². The molecular weight excluding hydrogens is 248 g/mol. The number of para-hydroxylation sites is 1. The Labute approximate surface area is 107 Å². The molecule has 0 unspecified atom stereocenters. The van der Waals surface area contributed by atoms with Gasteiger partial charge in [-0.1, -0.05) is 18.2 Å². The molecule has 19 heavy (non-hydrogen) atoms. The van der Waals surface area contributed by atoms with E-state index < -0.39 is 11.8 Å². The van der Waals surface area contributed by atoms with E-state index in [0.717, 1.165) is 0 Å². The van der Waals surface area contributed by atoms with Crippen LogP contribution >= 0.6 is 0 Å². The van der Waals surface area contributed by atoms with Crippen molar-refractivity contribution >= 4 is 22.7 Å². The van der Waals surface area contributed by atoms with Crippen LogP contribution in [0.3, 0.4) is 0 Å². The van der Waals surface area contributed by atoms with Gasteiger partial charge in [-0.25, -0.2) is 4.79 Å². The number of aromatic carboxylic acids is 1. The van der Waals surface area contributed by atoms with E-state index in [9.17, 15) is 9.59 Å². The molecule has 0 saturated heterocycles. The number of rotatable bonds is 3. The summed E-state index contributed by atoms with van der Waals surface area (Å²) in [7, 11) is 0. The molecule has 1 N–H and O–H groups in total. The number of carboxylic acids is 1. The van der Waals surface area contributed by atoms with Crippen LogP contribution in [-0.4, -0.2) is 16.9 Å². The Balaban J connectivity index is 2.05. The molecule has 0 spiro atoms. The Hall–Kier alpha value is -2.82. The van der Waals surface area contributed by atoms with Gasteiger partial charge in [0.15, 0.2) is 5.76 Å². The van der Waals surface area contributed by atoms with Crippen LogP contribution in [0.4, 0.5) is 0 Å². The second kappa shape index (κ2) is 4.13. The van der Waals surface area contributed by atoms with Crippen molar-refractivity contribution in [1.82, 2.24) is 0 Å². The van der Waals surface area contributed by atoms with Gasteiger partial charge in [0.25, 0.3) is 0 Å². The fraction of sp³-hybridized carbons (Fsp3) is 0. The van der Waals surface area contributed by atoms with Gasteiger partial charge in [-0.05, 0) is 18.2 Å². The van der Waals surface area contributed by atoms with Crippen LogP contribution in [0.5, 0.6) is 0 Å². The molecule has 0 saturated carbocycles. The third-order valence-corrected chi connectivity index (χ3v) is 2.77. The zero-order valence-corrected chi connectivity index (χ0v) is 9.62. The number of hydrogen-bond acceptors (Lipinski definition) is 4. The lowest BCUT2D eigenvalue weighted by atomic mass is 10.1. The summed E-state index contributed by atoms with van der Waals surface area (Å²) >= 11 is 0. The van der Waals surface area contributed by atoms with Crippen LogP contribution in [0.25, 0.3) is 11.0 Å². The highest BCUT2D eigenvalue weighted by Gasteiger charge is 2.20. The van der Waals surface area contributed by atoms with Crippen LogP contribution < -0.4 is 0 Å². The quantitative estimate of drug-likeness (QED) is 0.728. The lowest BCUT2D eigenvalue weighted by molar-refractivity contribution is 0.0660. The van der Waals surface area contributed by atoms with Crippen molar-refractivity contribution in [2.24, 2.45) is 0 Å². The van der Waals surface area contributed by atoms with E-state index in [2.05, 4.69) is 0 Å². The van der Waals surface area contributed by atoms with Gasteiger partial charge in [0.2, 0.25) is 11.5 Å². The summed E-state index contributed by atoms with van der Waals surface area (Å²) in [5.41, 5.74) is 0.942. The summed E-state index contributed by atoms with van der Waals surface area (Å²) in [6.07, 6.45) is 1.34. The number of furan rings is 2. The lowest BCUT2D eigenvalue weighted by Gasteiger charge is -1.94. The van der Waals surface area contributed by atoms with E-state index >= 15 is 0 Å². The highest BCUT2D eigenvalue weighted by Crippen LogP contribution is 2.24. The minimum absolute atomic E-state index is 0.0241. The van der Waals surface area contributed by atoms with Crippen molar-refractivity contribution in [1.29, 1.82) is 0 Å². The van der Waals surface area contributed by atoms with E-state index in [1.54, 1.807) is 24.3 Å². The first-order chi connectivity index (χ1) is 9.16. The fourth-order valence-electron chi connectivity index (χ4n) is 1.86. The van der Waals surface area contributed by atoms with Gasteiger partial charge < -0.3 is 13.9 Å². The van der Waals surface area contributed by atoms with Crippen LogP contribution in [0, 0.1) is 0 Å². The molecule has 5 nitrogen and oxygen atoms in total. The molecule has 5 heteroatoms. The third kappa shape index (κ3) is 1.81. The molecule has 2 heterocycles. The first-order valence-corrected chi connectivity index (χ1v) is 5.51. The molecule has 1 aromatic carbocycles. The van der Waals surface area contributed by atoms with Crippen molar-refractivity contribution in [2.75, 3.05) is 0 Å². The second-order valence-corrected chi connectivity index (χ2v) is 3.94. The summed E-state index contributed by atoms with van der Waals surface area (Å²) in [6, 6.07) is 9.68. The maximum atomic E-state index is 12.2. The second-order valence-electron chi connectivity index (χ2n) is 3.94. The molecule has 0 amide bonds. The molecule has 0 bridgehead atoms. The molecule has 0 aliphatic carbocycles.